The second-order valence-corrected chi connectivity index (χ2v) is 4.49. The van der Waals surface area contributed by atoms with Crippen molar-refractivity contribution in [2.45, 2.75) is 20.3 Å². The normalized spacial score (nSPS) is 10.2. The van der Waals surface area contributed by atoms with Crippen LogP contribution in [-0.4, -0.2) is 35.9 Å². The summed E-state index contributed by atoms with van der Waals surface area (Å²) in [5.74, 6) is 0.259. The lowest BCUT2D eigenvalue weighted by Gasteiger charge is -2.14. The highest BCUT2D eigenvalue weighted by Gasteiger charge is 2.18. The molecule has 0 aliphatic rings. The van der Waals surface area contributed by atoms with Crippen molar-refractivity contribution in [1.29, 1.82) is 0 Å². The molecule has 90 valence electrons. The first kappa shape index (κ1) is 12.8. The van der Waals surface area contributed by atoms with E-state index in [-0.39, 0.29) is 5.91 Å². The second kappa shape index (κ2) is 5.69. The molecule has 0 saturated carbocycles. The number of hydrogen-bond acceptors (Lipinski definition) is 5. The zero-order valence-electron chi connectivity index (χ0n) is 9.91. The van der Waals surface area contributed by atoms with Crippen molar-refractivity contribution in [2.75, 3.05) is 31.2 Å². The number of thiazole rings is 1. The number of nitrogen functional groups attached to an aromatic ring is 1. The van der Waals surface area contributed by atoms with Gasteiger partial charge in [0, 0.05) is 20.1 Å². The molecule has 1 aromatic heterocycles. The van der Waals surface area contributed by atoms with Crippen LogP contribution in [0.25, 0.3) is 0 Å². The van der Waals surface area contributed by atoms with E-state index in [4.69, 9.17) is 5.73 Å². The Morgan fingerprint density at radius 1 is 1.56 bits per heavy atom. The third kappa shape index (κ3) is 2.85. The molecule has 1 aromatic rings. The maximum Gasteiger partial charge on any atom is 0.267 e. The van der Waals surface area contributed by atoms with Gasteiger partial charge in [0.15, 0.2) is 5.13 Å². The Hall–Kier alpha value is -1.30. The summed E-state index contributed by atoms with van der Waals surface area (Å²) in [5.41, 5.74) is 5.72. The van der Waals surface area contributed by atoms with E-state index in [2.05, 4.69) is 10.3 Å². The molecule has 3 N–H and O–H groups in total. The topological polar surface area (TPSA) is 71.2 Å². The highest BCUT2D eigenvalue weighted by atomic mass is 32.1. The number of hydrogen-bond donors (Lipinski definition) is 2. The van der Waals surface area contributed by atoms with E-state index >= 15 is 0 Å². The fourth-order valence-corrected chi connectivity index (χ4v) is 2.27. The van der Waals surface area contributed by atoms with Crippen molar-refractivity contribution in [1.82, 2.24) is 9.88 Å². The van der Waals surface area contributed by atoms with Crippen LogP contribution in [0, 0.1) is 0 Å². The molecule has 0 radical (unpaired) electrons. The zero-order valence-corrected chi connectivity index (χ0v) is 10.7. The van der Waals surface area contributed by atoms with E-state index in [1.165, 1.54) is 11.3 Å². The van der Waals surface area contributed by atoms with Gasteiger partial charge in [-0.05, 0) is 13.3 Å². The quantitative estimate of drug-likeness (QED) is 0.823. The van der Waals surface area contributed by atoms with Crippen LogP contribution in [0.3, 0.4) is 0 Å². The summed E-state index contributed by atoms with van der Waals surface area (Å²) in [6.45, 7) is 5.50. The van der Waals surface area contributed by atoms with Gasteiger partial charge >= 0.3 is 0 Å². The lowest BCUT2D eigenvalue weighted by atomic mass is 10.4. The maximum absolute atomic E-state index is 12.0. The number of nitrogens with zero attached hydrogens (tertiary/aromatic N) is 2. The highest BCUT2D eigenvalue weighted by molar-refractivity contribution is 7.18. The molecule has 0 aliphatic heterocycles. The van der Waals surface area contributed by atoms with Crippen molar-refractivity contribution in [3.05, 3.63) is 4.88 Å². The Morgan fingerprint density at radius 2 is 2.25 bits per heavy atom. The molecule has 0 aliphatic carbocycles. The third-order valence-corrected chi connectivity index (χ3v) is 3.10. The van der Waals surface area contributed by atoms with Crippen molar-refractivity contribution >= 4 is 28.2 Å². The molecule has 0 unspecified atom stereocenters. The molecular weight excluding hydrogens is 224 g/mol. The summed E-state index contributed by atoms with van der Waals surface area (Å²) < 4.78 is 0. The molecule has 0 bridgehead atoms. The minimum Gasteiger partial charge on any atom is -0.382 e. The molecule has 0 aromatic carbocycles. The predicted molar refractivity (Wildman–Crippen MR) is 67.9 cm³/mol. The van der Waals surface area contributed by atoms with Crippen LogP contribution in [0.4, 0.5) is 10.9 Å². The first-order valence-corrected chi connectivity index (χ1v) is 6.17. The van der Waals surface area contributed by atoms with Gasteiger partial charge in [0.05, 0.1) is 0 Å². The molecule has 6 heteroatoms. The Kier molecular flexibility index (Phi) is 4.54. The van der Waals surface area contributed by atoms with Gasteiger partial charge < -0.3 is 16.0 Å². The number of aromatic nitrogens is 1. The number of rotatable bonds is 5. The van der Waals surface area contributed by atoms with E-state index in [0.29, 0.717) is 15.8 Å². The summed E-state index contributed by atoms with van der Waals surface area (Å²) in [5, 5.41) is 3.75. The fourth-order valence-electron chi connectivity index (χ4n) is 1.32. The molecule has 1 rings (SSSR count). The van der Waals surface area contributed by atoms with E-state index in [0.717, 1.165) is 19.5 Å². The van der Waals surface area contributed by atoms with Crippen LogP contribution < -0.4 is 11.1 Å². The minimum absolute atomic E-state index is 0.0546. The number of nitrogens with two attached hydrogens (primary N) is 1. The predicted octanol–water partition coefficient (Wildman–Crippen LogP) is 1.64. The molecule has 0 atom stereocenters. The third-order valence-electron chi connectivity index (χ3n) is 2.08. The molecule has 0 fully saturated rings. The van der Waals surface area contributed by atoms with Gasteiger partial charge in [0.2, 0.25) is 0 Å². The van der Waals surface area contributed by atoms with Crippen molar-refractivity contribution in [3.63, 3.8) is 0 Å². The molecule has 1 amide bonds. The number of carbonyl (C=O) groups is 1. The highest BCUT2D eigenvalue weighted by Crippen LogP contribution is 2.25. The second-order valence-electron chi connectivity index (χ2n) is 3.49. The zero-order chi connectivity index (χ0) is 12.1. The summed E-state index contributed by atoms with van der Waals surface area (Å²) >= 11 is 1.31. The summed E-state index contributed by atoms with van der Waals surface area (Å²) in [6.07, 6.45) is 0.932. The van der Waals surface area contributed by atoms with Crippen molar-refractivity contribution < 1.29 is 4.79 Å². The molecule has 0 spiro atoms. The van der Waals surface area contributed by atoms with Gasteiger partial charge in [0.1, 0.15) is 10.7 Å². The number of carbonyl (C=O) groups excluding carboxylic acids is 1. The van der Waals surface area contributed by atoms with Crippen molar-refractivity contribution in [2.24, 2.45) is 0 Å². The van der Waals surface area contributed by atoms with Gasteiger partial charge in [-0.1, -0.05) is 18.3 Å². The average molecular weight is 242 g/mol. The van der Waals surface area contributed by atoms with Crippen LogP contribution in [0.15, 0.2) is 0 Å². The number of anilines is 2. The molecule has 0 saturated heterocycles. The SMILES string of the molecule is CCCN(C)C(=O)c1sc(NCC)nc1N. The van der Waals surface area contributed by atoms with Gasteiger partial charge in [-0.25, -0.2) is 4.98 Å². The van der Waals surface area contributed by atoms with E-state index in [1.807, 2.05) is 13.8 Å². The largest absolute Gasteiger partial charge is 0.382 e. The van der Waals surface area contributed by atoms with E-state index < -0.39 is 0 Å². The van der Waals surface area contributed by atoms with Gasteiger partial charge in [-0.3, -0.25) is 4.79 Å². The summed E-state index contributed by atoms with van der Waals surface area (Å²) in [6, 6.07) is 0. The van der Waals surface area contributed by atoms with E-state index in [9.17, 15) is 4.79 Å². The van der Waals surface area contributed by atoms with Crippen LogP contribution in [0.5, 0.6) is 0 Å². The first-order chi connectivity index (χ1) is 7.60. The molecular formula is C10H18N4OS. The first-order valence-electron chi connectivity index (χ1n) is 5.35. The molecule has 5 nitrogen and oxygen atoms in total. The summed E-state index contributed by atoms with van der Waals surface area (Å²) in [4.78, 5) is 18.2. The van der Waals surface area contributed by atoms with Crippen LogP contribution in [-0.2, 0) is 0 Å². The lowest BCUT2D eigenvalue weighted by molar-refractivity contribution is 0.0800. The minimum atomic E-state index is -0.0546. The Bertz CT molecular complexity index is 364. The number of amides is 1. The smallest absolute Gasteiger partial charge is 0.267 e. The average Bonchev–Trinajstić information content (AvgIpc) is 2.59. The monoisotopic (exact) mass is 242 g/mol. The van der Waals surface area contributed by atoms with Crippen molar-refractivity contribution in [3.8, 4) is 0 Å². The Morgan fingerprint density at radius 3 is 2.81 bits per heavy atom. The molecule has 1 heterocycles. The van der Waals surface area contributed by atoms with Crippen LogP contribution >= 0.6 is 11.3 Å². The van der Waals surface area contributed by atoms with E-state index in [1.54, 1.807) is 11.9 Å². The summed E-state index contributed by atoms with van der Waals surface area (Å²) in [7, 11) is 1.78. The van der Waals surface area contributed by atoms with Crippen LogP contribution in [0.2, 0.25) is 0 Å². The van der Waals surface area contributed by atoms with Gasteiger partial charge in [0.25, 0.3) is 5.91 Å². The Balaban J connectivity index is 2.82. The molecule has 16 heavy (non-hydrogen) atoms. The van der Waals surface area contributed by atoms with Crippen LogP contribution in [0.1, 0.15) is 29.9 Å². The van der Waals surface area contributed by atoms with Gasteiger partial charge in [-0.15, -0.1) is 0 Å². The maximum atomic E-state index is 12.0. The fraction of sp³-hybridized carbons (Fsp3) is 0.600. The Labute approximate surface area is 99.7 Å². The van der Waals surface area contributed by atoms with Gasteiger partial charge in [-0.2, -0.15) is 0 Å². The number of nitrogens with one attached hydrogen (secondary N) is 1. The standard InChI is InChI=1S/C10H18N4OS/c1-4-6-14(3)9(15)7-8(11)13-10(16-7)12-5-2/h4-6,11H2,1-3H3,(H,12,13). The lowest BCUT2D eigenvalue weighted by Crippen LogP contribution is -2.27.